The van der Waals surface area contributed by atoms with Crippen LogP contribution in [0.25, 0.3) is 0 Å². The molecule has 4 nitrogen and oxygen atoms in total. The SMILES string of the molecule is CC(=O)N(CC(=O)Nc1ccc(F)c(F)c1)c1c(C(C)C)cccc1C(C)C. The Morgan fingerprint density at radius 3 is 2.00 bits per heavy atom. The van der Waals surface area contributed by atoms with E-state index in [0.717, 1.165) is 28.9 Å². The van der Waals surface area contributed by atoms with E-state index in [0.29, 0.717) is 0 Å². The molecule has 0 radical (unpaired) electrons. The summed E-state index contributed by atoms with van der Waals surface area (Å²) in [5.74, 6) is -2.48. The fourth-order valence-electron chi connectivity index (χ4n) is 3.09. The van der Waals surface area contributed by atoms with Crippen molar-refractivity contribution in [2.75, 3.05) is 16.8 Å². The van der Waals surface area contributed by atoms with Gasteiger partial charge in [0.25, 0.3) is 0 Å². The Bertz CT molecular complexity index is 853. The number of rotatable bonds is 6. The van der Waals surface area contributed by atoms with Gasteiger partial charge >= 0.3 is 0 Å². The van der Waals surface area contributed by atoms with E-state index in [2.05, 4.69) is 5.32 Å². The summed E-state index contributed by atoms with van der Waals surface area (Å²) < 4.78 is 26.5. The lowest BCUT2D eigenvalue weighted by Gasteiger charge is -2.29. The van der Waals surface area contributed by atoms with Crippen molar-refractivity contribution in [1.82, 2.24) is 0 Å². The first kappa shape index (κ1) is 21.5. The summed E-state index contributed by atoms with van der Waals surface area (Å²) in [6.45, 7) is 9.31. The Labute approximate surface area is 164 Å². The predicted octanol–water partition coefficient (Wildman–Crippen LogP) is 5.20. The van der Waals surface area contributed by atoms with Gasteiger partial charge in [0.15, 0.2) is 11.6 Å². The quantitative estimate of drug-likeness (QED) is 0.739. The Balaban J connectivity index is 2.37. The van der Waals surface area contributed by atoms with Crippen LogP contribution in [0.2, 0.25) is 0 Å². The van der Waals surface area contributed by atoms with Gasteiger partial charge in [0.2, 0.25) is 11.8 Å². The molecule has 0 aliphatic heterocycles. The molecule has 6 heteroatoms. The van der Waals surface area contributed by atoms with Crippen molar-refractivity contribution in [1.29, 1.82) is 0 Å². The Kier molecular flexibility index (Phi) is 6.89. The normalized spacial score (nSPS) is 11.0. The van der Waals surface area contributed by atoms with Crippen LogP contribution < -0.4 is 10.2 Å². The van der Waals surface area contributed by atoms with Crippen LogP contribution in [0, 0.1) is 11.6 Å². The zero-order chi connectivity index (χ0) is 21.0. The van der Waals surface area contributed by atoms with E-state index in [1.54, 1.807) is 0 Å². The maximum atomic E-state index is 13.4. The Morgan fingerprint density at radius 2 is 1.54 bits per heavy atom. The number of halogens is 2. The number of nitrogens with one attached hydrogen (secondary N) is 1. The zero-order valence-corrected chi connectivity index (χ0v) is 16.8. The molecule has 0 saturated heterocycles. The van der Waals surface area contributed by atoms with Crippen molar-refractivity contribution in [2.45, 2.75) is 46.5 Å². The molecule has 2 aromatic carbocycles. The minimum absolute atomic E-state index is 0.133. The van der Waals surface area contributed by atoms with Gasteiger partial charge in [0.05, 0.1) is 5.69 Å². The van der Waals surface area contributed by atoms with E-state index in [-0.39, 0.29) is 30.0 Å². The molecule has 0 aromatic heterocycles. The van der Waals surface area contributed by atoms with Crippen molar-refractivity contribution in [3.8, 4) is 0 Å². The predicted molar refractivity (Wildman–Crippen MR) is 108 cm³/mol. The lowest BCUT2D eigenvalue weighted by atomic mass is 9.91. The molecule has 1 N–H and O–H groups in total. The molecule has 0 atom stereocenters. The van der Waals surface area contributed by atoms with Gasteiger partial charge in [0, 0.05) is 18.7 Å². The van der Waals surface area contributed by atoms with E-state index in [9.17, 15) is 18.4 Å². The number of amides is 2. The van der Waals surface area contributed by atoms with Crippen LogP contribution in [-0.2, 0) is 9.59 Å². The third-order valence-electron chi connectivity index (χ3n) is 4.50. The number of para-hydroxylation sites is 1. The molecule has 2 amide bonds. The fraction of sp³-hybridized carbons (Fsp3) is 0.364. The summed E-state index contributed by atoms with van der Waals surface area (Å²) in [4.78, 5) is 26.4. The third-order valence-corrected chi connectivity index (χ3v) is 4.50. The van der Waals surface area contributed by atoms with Crippen LogP contribution in [0.4, 0.5) is 20.2 Å². The molecule has 2 rings (SSSR count). The molecular formula is C22H26F2N2O2. The molecule has 0 aliphatic carbocycles. The average molecular weight is 388 g/mol. The first-order valence-corrected chi connectivity index (χ1v) is 9.27. The van der Waals surface area contributed by atoms with Crippen LogP contribution in [0.3, 0.4) is 0 Å². The van der Waals surface area contributed by atoms with Crippen LogP contribution >= 0.6 is 0 Å². The second kappa shape index (κ2) is 8.95. The van der Waals surface area contributed by atoms with E-state index < -0.39 is 17.5 Å². The van der Waals surface area contributed by atoms with Crippen molar-refractivity contribution < 1.29 is 18.4 Å². The summed E-state index contributed by atoms with van der Waals surface area (Å²) >= 11 is 0. The fourth-order valence-corrected chi connectivity index (χ4v) is 3.09. The highest BCUT2D eigenvalue weighted by Crippen LogP contribution is 2.35. The highest BCUT2D eigenvalue weighted by molar-refractivity contribution is 6.02. The van der Waals surface area contributed by atoms with Gasteiger partial charge in [-0.15, -0.1) is 0 Å². The number of nitrogens with zero attached hydrogens (tertiary/aromatic N) is 1. The Hall–Kier alpha value is -2.76. The van der Waals surface area contributed by atoms with Crippen LogP contribution in [0.1, 0.15) is 57.6 Å². The second-order valence-corrected chi connectivity index (χ2v) is 7.38. The minimum Gasteiger partial charge on any atom is -0.324 e. The molecule has 0 fully saturated rings. The van der Waals surface area contributed by atoms with Crippen molar-refractivity contribution in [2.24, 2.45) is 0 Å². The van der Waals surface area contributed by atoms with Gasteiger partial charge in [-0.25, -0.2) is 8.78 Å². The van der Waals surface area contributed by atoms with Crippen molar-refractivity contribution in [3.05, 3.63) is 59.2 Å². The van der Waals surface area contributed by atoms with Crippen LogP contribution in [0.15, 0.2) is 36.4 Å². The van der Waals surface area contributed by atoms with E-state index in [1.165, 1.54) is 17.9 Å². The number of carbonyl (C=O) groups is 2. The van der Waals surface area contributed by atoms with E-state index >= 15 is 0 Å². The highest BCUT2D eigenvalue weighted by atomic mass is 19.2. The van der Waals surface area contributed by atoms with Crippen molar-refractivity contribution in [3.63, 3.8) is 0 Å². The van der Waals surface area contributed by atoms with Gasteiger partial charge in [0.1, 0.15) is 6.54 Å². The number of carbonyl (C=O) groups excluding carboxylic acids is 2. The monoisotopic (exact) mass is 388 g/mol. The molecule has 0 heterocycles. The summed E-state index contributed by atoms with van der Waals surface area (Å²) in [6, 6.07) is 8.99. The molecular weight excluding hydrogens is 362 g/mol. The minimum atomic E-state index is -1.05. The molecule has 0 unspecified atom stereocenters. The molecule has 2 aromatic rings. The van der Waals surface area contributed by atoms with Gasteiger partial charge < -0.3 is 10.2 Å². The van der Waals surface area contributed by atoms with Crippen LogP contribution in [0.5, 0.6) is 0 Å². The third kappa shape index (κ3) is 4.94. The highest BCUT2D eigenvalue weighted by Gasteiger charge is 2.24. The van der Waals surface area contributed by atoms with Gasteiger partial charge in [-0.1, -0.05) is 45.9 Å². The summed E-state index contributed by atoms with van der Waals surface area (Å²) in [5.41, 5.74) is 2.82. The molecule has 150 valence electrons. The van der Waals surface area contributed by atoms with E-state index in [1.807, 2.05) is 45.9 Å². The Morgan fingerprint density at radius 1 is 0.964 bits per heavy atom. The van der Waals surface area contributed by atoms with E-state index in [4.69, 9.17) is 0 Å². The molecule has 0 saturated carbocycles. The first-order chi connectivity index (χ1) is 13.1. The maximum Gasteiger partial charge on any atom is 0.244 e. The van der Waals surface area contributed by atoms with Crippen LogP contribution in [-0.4, -0.2) is 18.4 Å². The number of anilines is 2. The summed E-state index contributed by atoms with van der Waals surface area (Å²) in [6.07, 6.45) is 0. The molecule has 0 bridgehead atoms. The summed E-state index contributed by atoms with van der Waals surface area (Å²) in [7, 11) is 0. The molecule has 0 spiro atoms. The maximum absolute atomic E-state index is 13.4. The zero-order valence-electron chi connectivity index (χ0n) is 16.8. The average Bonchev–Trinajstić information content (AvgIpc) is 2.61. The largest absolute Gasteiger partial charge is 0.324 e. The second-order valence-electron chi connectivity index (χ2n) is 7.38. The standard InChI is InChI=1S/C22H26F2N2O2/c1-13(2)17-7-6-8-18(14(3)4)22(17)26(15(5)27)12-21(28)25-16-9-10-19(23)20(24)11-16/h6-11,13-14H,12H2,1-5H3,(H,25,28). The number of hydrogen-bond donors (Lipinski definition) is 1. The van der Waals surface area contributed by atoms with Gasteiger partial charge in [-0.3, -0.25) is 9.59 Å². The lowest BCUT2D eigenvalue weighted by molar-refractivity contribution is -0.120. The van der Waals surface area contributed by atoms with Crippen molar-refractivity contribution >= 4 is 23.2 Å². The first-order valence-electron chi connectivity index (χ1n) is 9.27. The molecule has 0 aliphatic rings. The number of benzene rings is 2. The molecule has 28 heavy (non-hydrogen) atoms. The topological polar surface area (TPSA) is 49.4 Å². The smallest absolute Gasteiger partial charge is 0.244 e. The summed E-state index contributed by atoms with van der Waals surface area (Å²) in [5, 5.41) is 2.52. The lowest BCUT2D eigenvalue weighted by Crippen LogP contribution is -2.38. The number of hydrogen-bond acceptors (Lipinski definition) is 2. The van der Waals surface area contributed by atoms with Gasteiger partial charge in [-0.2, -0.15) is 0 Å². The van der Waals surface area contributed by atoms with Gasteiger partial charge in [-0.05, 0) is 35.1 Å².